The number of para-hydroxylation sites is 2. The number of amides is 2. The second kappa shape index (κ2) is 10.3. The van der Waals surface area contributed by atoms with E-state index in [0.29, 0.717) is 5.92 Å². The van der Waals surface area contributed by atoms with Crippen LogP contribution in [0.4, 0.5) is 16.2 Å². The molecule has 4 rings (SSSR count). The van der Waals surface area contributed by atoms with Gasteiger partial charge in [0.25, 0.3) is 0 Å². The molecule has 3 aromatic rings. The molecule has 178 valence electrons. The van der Waals surface area contributed by atoms with Crippen molar-refractivity contribution in [3.63, 3.8) is 0 Å². The second-order valence-electron chi connectivity index (χ2n) is 10.4. The summed E-state index contributed by atoms with van der Waals surface area (Å²) in [7, 11) is 0. The molecule has 1 aliphatic rings. The van der Waals surface area contributed by atoms with Crippen LogP contribution < -0.4 is 16.0 Å². The number of carbonyl (C=O) groups excluding carboxylic acids is 1. The summed E-state index contributed by atoms with van der Waals surface area (Å²) in [6.07, 6.45) is 4.50. The minimum Gasteiger partial charge on any atom is -0.365 e. The highest BCUT2D eigenvalue weighted by Crippen LogP contribution is 2.34. The molecule has 3 N–H and O–H groups in total. The molecule has 4 heteroatoms. The molecular formula is C30H37N3O. The van der Waals surface area contributed by atoms with Gasteiger partial charge >= 0.3 is 6.03 Å². The zero-order valence-corrected chi connectivity index (χ0v) is 20.8. The molecule has 1 unspecified atom stereocenters. The van der Waals surface area contributed by atoms with Crippen LogP contribution in [0.15, 0.2) is 72.8 Å². The smallest absolute Gasteiger partial charge is 0.320 e. The Balaban J connectivity index is 1.57. The summed E-state index contributed by atoms with van der Waals surface area (Å²) in [5.74, 6) is 0.397. The highest BCUT2D eigenvalue weighted by molar-refractivity contribution is 5.92. The Hall–Kier alpha value is -3.27. The Labute approximate surface area is 204 Å². The second-order valence-corrected chi connectivity index (χ2v) is 10.4. The van der Waals surface area contributed by atoms with E-state index in [9.17, 15) is 4.79 Å². The zero-order valence-electron chi connectivity index (χ0n) is 20.8. The number of carbonyl (C=O) groups is 1. The summed E-state index contributed by atoms with van der Waals surface area (Å²) >= 11 is 0. The van der Waals surface area contributed by atoms with Crippen LogP contribution in [-0.4, -0.2) is 12.2 Å². The monoisotopic (exact) mass is 455 g/mol. The third-order valence-corrected chi connectivity index (χ3v) is 6.80. The van der Waals surface area contributed by atoms with E-state index >= 15 is 0 Å². The van der Waals surface area contributed by atoms with Crippen LogP contribution in [-0.2, 0) is 5.41 Å². The molecule has 4 nitrogen and oxygen atoms in total. The predicted molar refractivity (Wildman–Crippen MR) is 143 cm³/mol. The minimum atomic E-state index is -0.165. The summed E-state index contributed by atoms with van der Waals surface area (Å²) in [5, 5.41) is 10.2. The van der Waals surface area contributed by atoms with Crippen LogP contribution in [0.5, 0.6) is 0 Å². The molecule has 1 atom stereocenters. The summed E-state index contributed by atoms with van der Waals surface area (Å²) in [6.45, 7) is 8.57. The molecule has 3 aromatic carbocycles. The molecule has 1 saturated carbocycles. The van der Waals surface area contributed by atoms with Gasteiger partial charge in [0, 0.05) is 16.9 Å². The van der Waals surface area contributed by atoms with E-state index in [1.165, 1.54) is 12.8 Å². The standard InChI is InChI=1S/C30H37N3O/c1-21-13-12-19-25(30(2,3)4)27(21)32-29(34)33-28(23-16-8-9-17-23)31-26-20-11-10-18-24(26)22-14-6-5-7-15-22/h5-7,10-15,18-20,23,28,31H,8-9,16-17H2,1-4H3,(H2,32,33,34). The number of nitrogens with one attached hydrogen (secondary N) is 3. The first-order valence-electron chi connectivity index (χ1n) is 12.4. The van der Waals surface area contributed by atoms with Crippen molar-refractivity contribution in [3.8, 4) is 11.1 Å². The first-order chi connectivity index (χ1) is 16.3. The summed E-state index contributed by atoms with van der Waals surface area (Å²) < 4.78 is 0. The van der Waals surface area contributed by atoms with E-state index in [0.717, 1.165) is 46.5 Å². The molecule has 2 amide bonds. The molecule has 0 saturated heterocycles. The first-order valence-corrected chi connectivity index (χ1v) is 12.4. The minimum absolute atomic E-state index is 0.0631. The van der Waals surface area contributed by atoms with Gasteiger partial charge in [-0.3, -0.25) is 0 Å². The van der Waals surface area contributed by atoms with Gasteiger partial charge in [-0.15, -0.1) is 0 Å². The molecule has 0 bridgehead atoms. The number of hydrogen-bond donors (Lipinski definition) is 3. The van der Waals surface area contributed by atoms with Crippen molar-refractivity contribution in [2.75, 3.05) is 10.6 Å². The van der Waals surface area contributed by atoms with Crippen LogP contribution in [0.25, 0.3) is 11.1 Å². The van der Waals surface area contributed by atoms with E-state index in [2.05, 4.69) is 91.3 Å². The number of anilines is 2. The normalized spacial score (nSPS) is 15.1. The topological polar surface area (TPSA) is 53.2 Å². The maximum atomic E-state index is 13.3. The molecule has 0 spiro atoms. The van der Waals surface area contributed by atoms with Crippen molar-refractivity contribution in [3.05, 3.63) is 83.9 Å². The van der Waals surface area contributed by atoms with E-state index < -0.39 is 0 Å². The average Bonchev–Trinajstić information content (AvgIpc) is 3.35. The van der Waals surface area contributed by atoms with Gasteiger partial charge in [0.05, 0.1) is 0 Å². The molecule has 1 fully saturated rings. The lowest BCUT2D eigenvalue weighted by Crippen LogP contribution is -2.47. The van der Waals surface area contributed by atoms with Crippen molar-refractivity contribution in [2.24, 2.45) is 5.92 Å². The van der Waals surface area contributed by atoms with Crippen LogP contribution in [0.1, 0.15) is 57.6 Å². The molecule has 0 radical (unpaired) electrons. The largest absolute Gasteiger partial charge is 0.365 e. The third kappa shape index (κ3) is 5.61. The van der Waals surface area contributed by atoms with Gasteiger partial charge in [0.15, 0.2) is 0 Å². The van der Waals surface area contributed by atoms with Crippen molar-refractivity contribution in [1.29, 1.82) is 0 Å². The highest BCUT2D eigenvalue weighted by Gasteiger charge is 2.28. The van der Waals surface area contributed by atoms with Gasteiger partial charge < -0.3 is 16.0 Å². The van der Waals surface area contributed by atoms with Gasteiger partial charge in [0.1, 0.15) is 6.17 Å². The summed E-state index contributed by atoms with van der Waals surface area (Å²) in [5.41, 5.74) is 6.40. The predicted octanol–water partition coefficient (Wildman–Crippen LogP) is 7.71. The number of urea groups is 1. The van der Waals surface area contributed by atoms with E-state index in [1.54, 1.807) is 0 Å². The maximum Gasteiger partial charge on any atom is 0.320 e. The van der Waals surface area contributed by atoms with Gasteiger partial charge in [-0.25, -0.2) is 4.79 Å². The number of rotatable bonds is 6. The van der Waals surface area contributed by atoms with Gasteiger partial charge in [0.2, 0.25) is 0 Å². The van der Waals surface area contributed by atoms with Crippen LogP contribution in [0.3, 0.4) is 0 Å². The fourth-order valence-corrected chi connectivity index (χ4v) is 4.96. The molecule has 1 aliphatic carbocycles. The van der Waals surface area contributed by atoms with Gasteiger partial charge in [-0.05, 0) is 53.9 Å². The highest BCUT2D eigenvalue weighted by atomic mass is 16.2. The quantitative estimate of drug-likeness (QED) is 0.333. The molecular weight excluding hydrogens is 418 g/mol. The lowest BCUT2D eigenvalue weighted by atomic mass is 9.84. The average molecular weight is 456 g/mol. The van der Waals surface area contributed by atoms with Crippen LogP contribution in [0.2, 0.25) is 0 Å². The number of hydrogen-bond acceptors (Lipinski definition) is 2. The third-order valence-electron chi connectivity index (χ3n) is 6.80. The van der Waals surface area contributed by atoms with E-state index in [1.807, 2.05) is 25.1 Å². The Kier molecular flexibility index (Phi) is 7.26. The Morgan fingerprint density at radius 3 is 2.26 bits per heavy atom. The van der Waals surface area contributed by atoms with Gasteiger partial charge in [-0.1, -0.05) is 100 Å². The van der Waals surface area contributed by atoms with E-state index in [-0.39, 0.29) is 17.6 Å². The first kappa shape index (κ1) is 23.9. The summed E-state index contributed by atoms with van der Waals surface area (Å²) in [6, 6.07) is 24.8. The zero-order chi connectivity index (χ0) is 24.1. The number of benzene rings is 3. The Morgan fingerprint density at radius 2 is 1.56 bits per heavy atom. The maximum absolute atomic E-state index is 13.3. The van der Waals surface area contributed by atoms with Crippen molar-refractivity contribution < 1.29 is 4.79 Å². The van der Waals surface area contributed by atoms with Gasteiger partial charge in [-0.2, -0.15) is 0 Å². The van der Waals surface area contributed by atoms with Crippen LogP contribution >= 0.6 is 0 Å². The van der Waals surface area contributed by atoms with Crippen molar-refractivity contribution in [1.82, 2.24) is 5.32 Å². The molecule has 34 heavy (non-hydrogen) atoms. The van der Waals surface area contributed by atoms with Crippen molar-refractivity contribution in [2.45, 2.75) is 65.0 Å². The fraction of sp³-hybridized carbons (Fsp3) is 0.367. The number of aryl methyl sites for hydroxylation is 1. The Morgan fingerprint density at radius 1 is 0.882 bits per heavy atom. The van der Waals surface area contributed by atoms with Crippen LogP contribution in [0, 0.1) is 12.8 Å². The molecule has 0 heterocycles. The van der Waals surface area contributed by atoms with Crippen molar-refractivity contribution >= 4 is 17.4 Å². The van der Waals surface area contributed by atoms with E-state index in [4.69, 9.17) is 0 Å². The Bertz CT molecular complexity index is 1110. The summed E-state index contributed by atoms with van der Waals surface area (Å²) in [4.78, 5) is 13.3. The lowest BCUT2D eigenvalue weighted by Gasteiger charge is -2.29. The SMILES string of the molecule is Cc1cccc(C(C)(C)C)c1NC(=O)NC(Nc1ccccc1-c1ccccc1)C1CCCC1. The lowest BCUT2D eigenvalue weighted by molar-refractivity contribution is 0.245. The molecule has 0 aromatic heterocycles. The fourth-order valence-electron chi connectivity index (χ4n) is 4.96. The molecule has 0 aliphatic heterocycles.